The molecule has 2 heterocycles. The summed E-state index contributed by atoms with van der Waals surface area (Å²) in [5, 5.41) is 1.14. The van der Waals surface area contributed by atoms with Crippen molar-refractivity contribution in [2.24, 2.45) is 0 Å². The van der Waals surface area contributed by atoms with Gasteiger partial charge in [0.1, 0.15) is 5.75 Å². The maximum absolute atomic E-state index is 5.97. The topological polar surface area (TPSA) is 35.0 Å². The number of rotatable bonds is 8. The second kappa shape index (κ2) is 14.7. The second-order valence-electron chi connectivity index (χ2n) is 13.6. The Hall–Kier alpha value is -6.84. The molecule has 9 rings (SSSR count). The Balaban J connectivity index is 1.12. The number of hydrogen-bond acceptors (Lipinski definition) is 3. The monoisotopic (exact) mass is 694 g/mol. The summed E-state index contributed by atoms with van der Waals surface area (Å²) in [6.45, 7) is 0. The van der Waals surface area contributed by atoms with Gasteiger partial charge in [0.15, 0.2) is 0 Å². The lowest BCUT2D eigenvalue weighted by Crippen LogP contribution is -1.97. The number of para-hydroxylation sites is 1. The van der Waals surface area contributed by atoms with Crippen molar-refractivity contribution in [1.82, 2.24) is 9.97 Å². The molecule has 2 aromatic heterocycles. The van der Waals surface area contributed by atoms with E-state index in [2.05, 4.69) is 164 Å². The van der Waals surface area contributed by atoms with Gasteiger partial charge in [-0.15, -0.1) is 0 Å². The van der Waals surface area contributed by atoms with Crippen molar-refractivity contribution >= 4 is 16.5 Å². The van der Waals surface area contributed by atoms with Crippen LogP contribution in [0.4, 0.5) is 0 Å². The van der Waals surface area contributed by atoms with E-state index < -0.39 is 0 Å². The van der Waals surface area contributed by atoms with Crippen LogP contribution in [-0.4, -0.2) is 17.1 Å². The SMILES string of the molecule is COc1cc(-c2ccccc2-c2ccc(-c3ccc4ccccc4n3)cc2)cc(-c2ccccc2-c2cnc(-c3ccccc3)cc2C2=CCCC=C2)c1. The van der Waals surface area contributed by atoms with Gasteiger partial charge in [-0.3, -0.25) is 4.98 Å². The van der Waals surface area contributed by atoms with Crippen LogP contribution in [0.2, 0.25) is 0 Å². The molecule has 54 heavy (non-hydrogen) atoms. The van der Waals surface area contributed by atoms with Gasteiger partial charge in [0.2, 0.25) is 0 Å². The van der Waals surface area contributed by atoms with Gasteiger partial charge in [-0.2, -0.15) is 0 Å². The lowest BCUT2D eigenvalue weighted by Gasteiger charge is -2.19. The largest absolute Gasteiger partial charge is 0.497 e. The third-order valence-electron chi connectivity index (χ3n) is 10.3. The van der Waals surface area contributed by atoms with Gasteiger partial charge in [-0.25, -0.2) is 4.98 Å². The standard InChI is InChI=1S/C51H38N2O/c1-54-42-31-40(44-20-10-9-19-43(44)36-24-26-39(27-25-36)50-29-28-38-18-8-13-23-49(38)53-50)30-41(32-42)45-21-11-12-22-46(45)48-34-52-51(37-16-6-3-7-17-37)33-47(48)35-14-4-2-5-15-35/h3-4,6-34H,2,5H2,1H3. The normalized spacial score (nSPS) is 12.4. The number of benzene rings is 6. The van der Waals surface area contributed by atoms with Crippen LogP contribution in [0.1, 0.15) is 18.4 Å². The van der Waals surface area contributed by atoms with Crippen molar-refractivity contribution in [2.75, 3.05) is 7.11 Å². The highest BCUT2D eigenvalue weighted by molar-refractivity contribution is 5.94. The number of hydrogen-bond donors (Lipinski definition) is 0. The highest BCUT2D eigenvalue weighted by atomic mass is 16.5. The van der Waals surface area contributed by atoms with Crippen molar-refractivity contribution in [1.29, 1.82) is 0 Å². The number of methoxy groups -OCH3 is 1. The lowest BCUT2D eigenvalue weighted by molar-refractivity contribution is 0.415. The van der Waals surface area contributed by atoms with Gasteiger partial charge < -0.3 is 4.74 Å². The highest BCUT2D eigenvalue weighted by Crippen LogP contribution is 2.42. The van der Waals surface area contributed by atoms with Crippen molar-refractivity contribution in [3.63, 3.8) is 0 Å². The van der Waals surface area contributed by atoms with Crippen LogP contribution in [-0.2, 0) is 0 Å². The molecular formula is C51H38N2O. The van der Waals surface area contributed by atoms with E-state index in [1.807, 2.05) is 24.4 Å². The van der Waals surface area contributed by atoms with Crippen LogP contribution in [0.3, 0.4) is 0 Å². The first kappa shape index (κ1) is 33.0. The molecule has 0 bridgehead atoms. The van der Waals surface area contributed by atoms with E-state index in [1.54, 1.807) is 7.11 Å². The first-order valence-electron chi connectivity index (χ1n) is 18.5. The summed E-state index contributed by atoms with van der Waals surface area (Å²) in [6.07, 6.45) is 11.0. The van der Waals surface area contributed by atoms with Crippen LogP contribution in [0.25, 0.3) is 83.5 Å². The average molecular weight is 695 g/mol. The van der Waals surface area contributed by atoms with E-state index in [9.17, 15) is 0 Å². The molecule has 8 aromatic rings. The number of ether oxygens (including phenoxy) is 1. The summed E-state index contributed by atoms with van der Waals surface area (Å²) in [5.41, 5.74) is 16.5. The van der Waals surface area contributed by atoms with Crippen LogP contribution in [0.5, 0.6) is 5.75 Å². The Kier molecular flexibility index (Phi) is 8.96. The predicted molar refractivity (Wildman–Crippen MR) is 225 cm³/mol. The maximum atomic E-state index is 5.97. The van der Waals surface area contributed by atoms with E-state index in [4.69, 9.17) is 14.7 Å². The van der Waals surface area contributed by atoms with Crippen molar-refractivity contribution < 1.29 is 4.74 Å². The van der Waals surface area contributed by atoms with E-state index in [0.717, 1.165) is 96.5 Å². The van der Waals surface area contributed by atoms with Gasteiger partial charge >= 0.3 is 0 Å². The molecule has 0 saturated heterocycles. The first-order valence-corrected chi connectivity index (χ1v) is 18.5. The molecule has 0 radical (unpaired) electrons. The average Bonchev–Trinajstić information content (AvgIpc) is 3.26. The molecule has 3 nitrogen and oxygen atoms in total. The minimum Gasteiger partial charge on any atom is -0.497 e. The molecule has 0 saturated carbocycles. The molecule has 0 atom stereocenters. The van der Waals surface area contributed by atoms with Crippen LogP contribution in [0, 0.1) is 0 Å². The van der Waals surface area contributed by atoms with Crippen LogP contribution < -0.4 is 4.74 Å². The summed E-state index contributed by atoms with van der Waals surface area (Å²) in [5.74, 6) is 0.806. The number of allylic oxidation sites excluding steroid dienone is 4. The number of fused-ring (bicyclic) bond motifs is 1. The minimum absolute atomic E-state index is 0.806. The Morgan fingerprint density at radius 2 is 1.09 bits per heavy atom. The van der Waals surface area contributed by atoms with Crippen molar-refractivity contribution in [3.05, 3.63) is 194 Å². The third-order valence-corrected chi connectivity index (χ3v) is 10.3. The molecule has 3 heteroatoms. The van der Waals surface area contributed by atoms with E-state index >= 15 is 0 Å². The van der Waals surface area contributed by atoms with Gasteiger partial charge in [-0.1, -0.05) is 146 Å². The number of pyridine rings is 2. The molecular weight excluding hydrogens is 657 g/mol. The lowest BCUT2D eigenvalue weighted by atomic mass is 9.87. The zero-order valence-electron chi connectivity index (χ0n) is 30.1. The zero-order chi connectivity index (χ0) is 36.3. The van der Waals surface area contributed by atoms with Crippen LogP contribution in [0.15, 0.2) is 188 Å². The fourth-order valence-electron chi connectivity index (χ4n) is 7.52. The zero-order valence-corrected chi connectivity index (χ0v) is 30.1. The van der Waals surface area contributed by atoms with Crippen molar-refractivity contribution in [2.45, 2.75) is 12.8 Å². The Bertz CT molecular complexity index is 2690. The summed E-state index contributed by atoms with van der Waals surface area (Å²) < 4.78 is 5.97. The van der Waals surface area contributed by atoms with E-state index in [1.165, 1.54) is 11.1 Å². The molecule has 0 N–H and O–H groups in total. The highest BCUT2D eigenvalue weighted by Gasteiger charge is 2.18. The number of nitrogens with zero attached hydrogens (tertiary/aromatic N) is 2. The Morgan fingerprint density at radius 1 is 0.463 bits per heavy atom. The van der Waals surface area contributed by atoms with E-state index in [0.29, 0.717) is 0 Å². The smallest absolute Gasteiger partial charge is 0.120 e. The Labute approximate surface area is 316 Å². The molecule has 0 spiro atoms. The summed E-state index contributed by atoms with van der Waals surface area (Å²) in [6, 6.07) is 57.7. The van der Waals surface area contributed by atoms with Crippen molar-refractivity contribution in [3.8, 4) is 72.8 Å². The van der Waals surface area contributed by atoms with Gasteiger partial charge in [0, 0.05) is 28.3 Å². The number of aromatic nitrogens is 2. The second-order valence-corrected chi connectivity index (χ2v) is 13.6. The minimum atomic E-state index is 0.806. The molecule has 0 fully saturated rings. The molecule has 1 aliphatic rings. The van der Waals surface area contributed by atoms with Crippen LogP contribution >= 0.6 is 0 Å². The summed E-state index contributed by atoms with van der Waals surface area (Å²) in [4.78, 5) is 9.94. The fourth-order valence-corrected chi connectivity index (χ4v) is 7.52. The molecule has 0 aliphatic heterocycles. The predicted octanol–water partition coefficient (Wildman–Crippen LogP) is 13.4. The Morgan fingerprint density at radius 3 is 1.81 bits per heavy atom. The van der Waals surface area contributed by atoms with Gasteiger partial charge in [-0.05, 0) is 99.3 Å². The molecule has 258 valence electrons. The third kappa shape index (κ3) is 6.53. The summed E-state index contributed by atoms with van der Waals surface area (Å²) >= 11 is 0. The fraction of sp³-hybridized carbons (Fsp3) is 0.0588. The first-order chi connectivity index (χ1) is 26.7. The molecule has 6 aromatic carbocycles. The molecule has 0 unspecified atom stereocenters. The van der Waals surface area contributed by atoms with E-state index in [-0.39, 0.29) is 0 Å². The maximum Gasteiger partial charge on any atom is 0.120 e. The van der Waals surface area contributed by atoms with Gasteiger partial charge in [0.05, 0.1) is 24.0 Å². The van der Waals surface area contributed by atoms with Gasteiger partial charge in [0.25, 0.3) is 0 Å². The molecule has 1 aliphatic carbocycles. The summed E-state index contributed by atoms with van der Waals surface area (Å²) in [7, 11) is 1.74. The molecule has 0 amide bonds. The quantitative estimate of drug-likeness (QED) is 0.159.